The van der Waals surface area contributed by atoms with E-state index in [9.17, 15) is 9.18 Å². The van der Waals surface area contributed by atoms with Crippen molar-refractivity contribution in [1.29, 1.82) is 0 Å². The van der Waals surface area contributed by atoms with Crippen LogP contribution < -0.4 is 5.73 Å². The van der Waals surface area contributed by atoms with E-state index in [-0.39, 0.29) is 11.6 Å². The van der Waals surface area contributed by atoms with Crippen LogP contribution >= 0.6 is 0 Å². The molecule has 0 atom stereocenters. The number of nitrogen functional groups attached to an aromatic ring is 1. The topological polar surface area (TPSA) is 55.6 Å². The maximum Gasteiger partial charge on any atom is 0.253 e. The van der Waals surface area contributed by atoms with Crippen LogP contribution in [0.25, 0.3) is 0 Å². The Morgan fingerprint density at radius 2 is 2.24 bits per heavy atom. The number of hydrogen-bond donors (Lipinski definition) is 1. The lowest BCUT2D eigenvalue weighted by Gasteiger charge is -2.17. The summed E-state index contributed by atoms with van der Waals surface area (Å²) in [6.45, 7) is 3.48. The van der Waals surface area contributed by atoms with Crippen LogP contribution in [-0.2, 0) is 4.74 Å². The Bertz CT molecular complexity index is 396. The van der Waals surface area contributed by atoms with Gasteiger partial charge in [-0.05, 0) is 25.1 Å². The Kier molecular flexibility index (Phi) is 4.90. The fourth-order valence-corrected chi connectivity index (χ4v) is 1.34. The highest BCUT2D eigenvalue weighted by atomic mass is 19.1. The van der Waals surface area contributed by atoms with Crippen LogP contribution in [0.2, 0.25) is 0 Å². The van der Waals surface area contributed by atoms with Gasteiger partial charge in [0.25, 0.3) is 5.91 Å². The number of nitrogens with two attached hydrogens (primary N) is 1. The monoisotopic (exact) mass is 240 g/mol. The zero-order valence-corrected chi connectivity index (χ0v) is 10.1. The number of halogens is 1. The molecule has 0 aliphatic rings. The number of ether oxygens (including phenoxy) is 1. The first-order chi connectivity index (χ1) is 8.06. The largest absolute Gasteiger partial charge is 0.396 e. The van der Waals surface area contributed by atoms with Gasteiger partial charge < -0.3 is 15.4 Å². The zero-order chi connectivity index (χ0) is 12.8. The van der Waals surface area contributed by atoms with E-state index in [1.165, 1.54) is 23.1 Å². The van der Waals surface area contributed by atoms with Crippen molar-refractivity contribution in [3.63, 3.8) is 0 Å². The predicted molar refractivity (Wildman–Crippen MR) is 64.3 cm³/mol. The smallest absolute Gasteiger partial charge is 0.253 e. The Morgan fingerprint density at radius 3 is 2.82 bits per heavy atom. The van der Waals surface area contributed by atoms with Gasteiger partial charge in [0.15, 0.2) is 0 Å². The molecule has 0 aromatic heterocycles. The minimum Gasteiger partial charge on any atom is -0.396 e. The van der Waals surface area contributed by atoms with Crippen LogP contribution in [0, 0.1) is 5.82 Å². The fourth-order valence-electron chi connectivity index (χ4n) is 1.34. The summed E-state index contributed by atoms with van der Waals surface area (Å²) in [5.74, 6) is -0.713. The first-order valence-corrected chi connectivity index (χ1v) is 5.44. The summed E-state index contributed by atoms with van der Waals surface area (Å²) >= 11 is 0. The summed E-state index contributed by atoms with van der Waals surface area (Å²) in [7, 11) is 1.67. The number of likely N-dealkylation sites (N-methyl/N-ethyl adjacent to an activating group) is 1. The van der Waals surface area contributed by atoms with Gasteiger partial charge in [-0.25, -0.2) is 4.39 Å². The number of amides is 1. The summed E-state index contributed by atoms with van der Waals surface area (Å²) < 4.78 is 18.1. The maximum atomic E-state index is 12.9. The summed E-state index contributed by atoms with van der Waals surface area (Å²) in [6, 6.07) is 3.96. The molecule has 0 aliphatic heterocycles. The molecule has 0 heterocycles. The molecular weight excluding hydrogens is 223 g/mol. The Hall–Kier alpha value is -1.62. The molecule has 0 fully saturated rings. The van der Waals surface area contributed by atoms with Crippen LogP contribution in [0.3, 0.4) is 0 Å². The first kappa shape index (κ1) is 13.4. The number of benzene rings is 1. The van der Waals surface area contributed by atoms with Crippen molar-refractivity contribution >= 4 is 11.6 Å². The van der Waals surface area contributed by atoms with E-state index in [1.807, 2.05) is 6.92 Å². The van der Waals surface area contributed by atoms with Crippen molar-refractivity contribution in [2.75, 3.05) is 32.5 Å². The number of rotatable bonds is 5. The van der Waals surface area contributed by atoms with Crippen LogP contribution in [-0.4, -0.2) is 37.6 Å². The normalized spacial score (nSPS) is 10.3. The fraction of sp³-hybridized carbons (Fsp3) is 0.417. The number of anilines is 1. The minimum absolute atomic E-state index is 0.0194. The quantitative estimate of drug-likeness (QED) is 0.627. The van der Waals surface area contributed by atoms with Gasteiger partial charge >= 0.3 is 0 Å². The number of hydrogen-bond acceptors (Lipinski definition) is 3. The van der Waals surface area contributed by atoms with E-state index in [0.29, 0.717) is 25.3 Å². The third kappa shape index (κ3) is 3.71. The SMILES string of the molecule is CCOCCN(C)C(=O)c1ccc(F)c(N)c1. The number of carbonyl (C=O) groups excluding carboxylic acids is 1. The van der Waals surface area contributed by atoms with Gasteiger partial charge in [-0.2, -0.15) is 0 Å². The average Bonchev–Trinajstić information content (AvgIpc) is 2.32. The van der Waals surface area contributed by atoms with E-state index >= 15 is 0 Å². The molecule has 1 aromatic rings. The van der Waals surface area contributed by atoms with Gasteiger partial charge in [-0.15, -0.1) is 0 Å². The summed E-state index contributed by atoms with van der Waals surface area (Å²) in [4.78, 5) is 13.4. The van der Waals surface area contributed by atoms with E-state index in [1.54, 1.807) is 7.05 Å². The van der Waals surface area contributed by atoms with E-state index in [0.717, 1.165) is 0 Å². The molecule has 0 unspecified atom stereocenters. The van der Waals surface area contributed by atoms with Crippen LogP contribution in [0.15, 0.2) is 18.2 Å². The van der Waals surface area contributed by atoms with Crippen molar-refractivity contribution < 1.29 is 13.9 Å². The Labute approximate surface area is 100 Å². The molecule has 2 N–H and O–H groups in total. The molecule has 5 heteroatoms. The lowest BCUT2D eigenvalue weighted by atomic mass is 10.1. The number of carbonyl (C=O) groups is 1. The molecule has 1 rings (SSSR count). The molecule has 0 radical (unpaired) electrons. The third-order valence-corrected chi connectivity index (χ3v) is 2.36. The van der Waals surface area contributed by atoms with Crippen molar-refractivity contribution in [2.45, 2.75) is 6.92 Å². The van der Waals surface area contributed by atoms with Gasteiger partial charge in [0.2, 0.25) is 0 Å². The van der Waals surface area contributed by atoms with Crippen LogP contribution in [0.5, 0.6) is 0 Å². The van der Waals surface area contributed by atoms with Gasteiger partial charge in [-0.3, -0.25) is 4.79 Å². The average molecular weight is 240 g/mol. The van der Waals surface area contributed by atoms with Gasteiger partial charge in [-0.1, -0.05) is 0 Å². The molecule has 94 valence electrons. The zero-order valence-electron chi connectivity index (χ0n) is 10.1. The summed E-state index contributed by atoms with van der Waals surface area (Å²) in [5.41, 5.74) is 5.77. The molecule has 0 bridgehead atoms. The lowest BCUT2D eigenvalue weighted by Crippen LogP contribution is -2.30. The second kappa shape index (κ2) is 6.20. The number of nitrogens with zero attached hydrogens (tertiary/aromatic N) is 1. The lowest BCUT2D eigenvalue weighted by molar-refractivity contribution is 0.0710. The molecule has 0 spiro atoms. The molecular formula is C12H17FN2O2. The highest BCUT2D eigenvalue weighted by molar-refractivity contribution is 5.94. The second-order valence-electron chi connectivity index (χ2n) is 3.66. The van der Waals surface area contributed by atoms with Crippen LogP contribution in [0.4, 0.5) is 10.1 Å². The van der Waals surface area contributed by atoms with Crippen molar-refractivity contribution in [1.82, 2.24) is 4.90 Å². The Morgan fingerprint density at radius 1 is 1.53 bits per heavy atom. The van der Waals surface area contributed by atoms with Gasteiger partial charge in [0.05, 0.1) is 12.3 Å². The van der Waals surface area contributed by atoms with Gasteiger partial charge in [0.1, 0.15) is 5.82 Å². The molecule has 17 heavy (non-hydrogen) atoms. The molecule has 0 aliphatic carbocycles. The third-order valence-electron chi connectivity index (χ3n) is 2.36. The van der Waals surface area contributed by atoms with E-state index < -0.39 is 5.82 Å². The van der Waals surface area contributed by atoms with E-state index in [4.69, 9.17) is 10.5 Å². The van der Waals surface area contributed by atoms with Crippen LogP contribution in [0.1, 0.15) is 17.3 Å². The predicted octanol–water partition coefficient (Wildman–Crippen LogP) is 1.52. The molecule has 1 aromatic carbocycles. The highest BCUT2D eigenvalue weighted by Crippen LogP contribution is 2.13. The second-order valence-corrected chi connectivity index (χ2v) is 3.66. The minimum atomic E-state index is -0.515. The first-order valence-electron chi connectivity index (χ1n) is 5.44. The van der Waals surface area contributed by atoms with Crippen molar-refractivity contribution in [2.24, 2.45) is 0 Å². The van der Waals surface area contributed by atoms with Gasteiger partial charge in [0, 0.05) is 25.8 Å². The highest BCUT2D eigenvalue weighted by Gasteiger charge is 2.12. The molecule has 1 amide bonds. The van der Waals surface area contributed by atoms with Crippen molar-refractivity contribution in [3.8, 4) is 0 Å². The van der Waals surface area contributed by atoms with Crippen molar-refractivity contribution in [3.05, 3.63) is 29.6 Å². The molecule has 0 saturated carbocycles. The molecule has 4 nitrogen and oxygen atoms in total. The summed E-state index contributed by atoms with van der Waals surface area (Å²) in [6.07, 6.45) is 0. The molecule has 0 saturated heterocycles. The van der Waals surface area contributed by atoms with E-state index in [2.05, 4.69) is 0 Å². The summed E-state index contributed by atoms with van der Waals surface area (Å²) in [5, 5.41) is 0. The maximum absolute atomic E-state index is 12.9. The Balaban J connectivity index is 2.65. The standard InChI is InChI=1S/C12H17FN2O2/c1-3-17-7-6-15(2)12(16)9-4-5-10(13)11(14)8-9/h4-5,8H,3,6-7,14H2,1-2H3.